The number of benzene rings is 2. The third kappa shape index (κ3) is 2.39. The van der Waals surface area contributed by atoms with Gasteiger partial charge in [-0.05, 0) is 0 Å². The average molecular weight is 483 g/mol. The molecule has 0 saturated heterocycles. The Bertz CT molecular complexity index is 951. The molecule has 0 bridgehead atoms. The van der Waals surface area contributed by atoms with Crippen molar-refractivity contribution in [2.24, 2.45) is 0 Å². The predicted molar refractivity (Wildman–Crippen MR) is 92.7 cm³/mol. The molecule has 2 aromatic carbocycles. The van der Waals surface area contributed by atoms with Crippen molar-refractivity contribution < 1.29 is 0 Å². The number of aryl methyl sites for hydroxylation is 1. The zero-order valence-electron chi connectivity index (χ0n) is 11.5. The van der Waals surface area contributed by atoms with Gasteiger partial charge < -0.3 is 0 Å². The van der Waals surface area contributed by atoms with Gasteiger partial charge in [0.25, 0.3) is 0 Å². The summed E-state index contributed by atoms with van der Waals surface area (Å²) in [5, 5.41) is 2.68. The third-order valence-electron chi connectivity index (χ3n) is 3.63. The van der Waals surface area contributed by atoms with Crippen molar-refractivity contribution in [1.82, 2.24) is 4.98 Å². The summed E-state index contributed by atoms with van der Waals surface area (Å²) in [5.74, 6) is 0. The second-order valence-electron chi connectivity index (χ2n) is 5.20. The Morgan fingerprint density at radius 1 is 0.905 bits per heavy atom. The van der Waals surface area contributed by atoms with Crippen LogP contribution in [-0.2, 0) is 0 Å². The van der Waals surface area contributed by atoms with Crippen molar-refractivity contribution in [2.75, 3.05) is 0 Å². The molecule has 21 heavy (non-hydrogen) atoms. The number of thiophene rings is 1. The van der Waals surface area contributed by atoms with E-state index in [1.54, 1.807) is 0 Å². The van der Waals surface area contributed by atoms with Crippen LogP contribution in [0.15, 0.2) is 54.6 Å². The summed E-state index contributed by atoms with van der Waals surface area (Å²) in [4.78, 5) is 4.73. The number of nitrogens with zero attached hydrogens (tertiary/aromatic N) is 1. The van der Waals surface area contributed by atoms with Crippen LogP contribution in [0.25, 0.3) is 31.4 Å². The van der Waals surface area contributed by atoms with Crippen LogP contribution in [0, 0.1) is 6.92 Å². The first-order valence-corrected chi connectivity index (χ1v) is 9.35. The number of aromatic nitrogens is 1. The second-order valence-corrected chi connectivity index (χ2v) is 8.06. The van der Waals surface area contributed by atoms with Crippen LogP contribution >= 0.6 is 11.3 Å². The summed E-state index contributed by atoms with van der Waals surface area (Å²) in [6.07, 6.45) is 0. The fourth-order valence-electron chi connectivity index (χ4n) is 2.68. The maximum absolute atomic E-state index is 4.73. The number of hydrogen-bond donors (Lipinski definition) is 0. The maximum atomic E-state index is 4.73. The molecular weight excluding hydrogens is 471 g/mol. The molecule has 100 valence electrons. The van der Waals surface area contributed by atoms with E-state index in [1.807, 2.05) is 11.3 Å². The van der Waals surface area contributed by atoms with Gasteiger partial charge >= 0.3 is 143 Å². The van der Waals surface area contributed by atoms with E-state index >= 15 is 0 Å². The molecular formula is C18H12BiNS. The molecule has 2 aromatic heterocycles. The van der Waals surface area contributed by atoms with Crippen molar-refractivity contribution in [3.05, 3.63) is 60.2 Å². The summed E-state index contributed by atoms with van der Waals surface area (Å²) < 4.78 is 3.88. The Kier molecular flexibility index (Phi) is 3.28. The molecule has 0 amide bonds. The van der Waals surface area contributed by atoms with Gasteiger partial charge in [-0.2, -0.15) is 0 Å². The summed E-state index contributed by atoms with van der Waals surface area (Å²) in [7, 11) is 0. The standard InChI is InChI=1S/C18H12NS.Bi/c1-12-8-9-19-16(10-12)13-6-7-18-15(11-13)14-4-2-3-5-17(14)20-18;/h2-8,10-11H,1H3;. The molecule has 0 spiro atoms. The zero-order valence-corrected chi connectivity index (χ0v) is 15.8. The van der Waals surface area contributed by atoms with Gasteiger partial charge in [-0.15, -0.1) is 0 Å². The number of fused-ring (bicyclic) bond motifs is 3. The fraction of sp³-hybridized carbons (Fsp3) is 0.0556. The molecule has 0 N–H and O–H groups in total. The summed E-state index contributed by atoms with van der Waals surface area (Å²) in [6.45, 7) is 2.14. The van der Waals surface area contributed by atoms with E-state index in [-0.39, 0.29) is 0 Å². The minimum atomic E-state index is 1.09. The van der Waals surface area contributed by atoms with Crippen molar-refractivity contribution in [2.45, 2.75) is 6.92 Å². The first-order chi connectivity index (χ1) is 10.2. The molecule has 0 fully saturated rings. The van der Waals surface area contributed by atoms with E-state index in [0.29, 0.717) is 0 Å². The predicted octanol–water partition coefficient (Wildman–Crippen LogP) is 4.22. The van der Waals surface area contributed by atoms with Gasteiger partial charge in [0.1, 0.15) is 0 Å². The molecule has 0 aliphatic carbocycles. The molecule has 4 rings (SSSR count). The fourth-order valence-corrected chi connectivity index (χ4v) is 4.98. The van der Waals surface area contributed by atoms with Crippen molar-refractivity contribution in [3.8, 4) is 11.3 Å². The van der Waals surface area contributed by atoms with Crippen LogP contribution in [0.2, 0.25) is 0 Å². The topological polar surface area (TPSA) is 12.9 Å². The van der Waals surface area contributed by atoms with Gasteiger partial charge in [-0.25, -0.2) is 0 Å². The molecule has 0 atom stereocenters. The SMILES string of the molecule is Cc1c[c]([Bi])nc(-c2ccc3sc4ccccc4c3c2)c1. The molecule has 2 heterocycles. The Hall–Kier alpha value is -1.31. The monoisotopic (exact) mass is 483 g/mol. The Balaban J connectivity index is 1.99. The van der Waals surface area contributed by atoms with Crippen molar-refractivity contribution in [1.29, 1.82) is 0 Å². The second kappa shape index (κ2) is 5.15. The Morgan fingerprint density at radius 2 is 1.71 bits per heavy atom. The van der Waals surface area contributed by atoms with Crippen LogP contribution in [-0.4, -0.2) is 29.7 Å². The van der Waals surface area contributed by atoms with Gasteiger partial charge in [0.15, 0.2) is 0 Å². The normalized spacial score (nSPS) is 11.3. The first kappa shape index (κ1) is 13.4. The van der Waals surface area contributed by atoms with E-state index < -0.39 is 0 Å². The molecule has 0 saturated carbocycles. The van der Waals surface area contributed by atoms with Crippen LogP contribution in [0.1, 0.15) is 5.56 Å². The van der Waals surface area contributed by atoms with Crippen molar-refractivity contribution >= 4 is 59.6 Å². The zero-order chi connectivity index (χ0) is 14.4. The third-order valence-corrected chi connectivity index (χ3v) is 5.67. The molecule has 3 heteroatoms. The summed E-state index contributed by atoms with van der Waals surface area (Å²) in [5.41, 5.74) is 3.58. The van der Waals surface area contributed by atoms with Crippen LogP contribution in [0.5, 0.6) is 0 Å². The van der Waals surface area contributed by atoms with E-state index in [2.05, 4.69) is 61.5 Å². The quantitative estimate of drug-likeness (QED) is 0.370. The first-order valence-electron chi connectivity index (χ1n) is 6.80. The van der Waals surface area contributed by atoms with Gasteiger partial charge in [0.2, 0.25) is 0 Å². The minimum absolute atomic E-state index is 1.09. The summed E-state index contributed by atoms with van der Waals surface area (Å²) >= 11 is 3.06. The van der Waals surface area contributed by atoms with Gasteiger partial charge in [0.05, 0.1) is 0 Å². The molecule has 4 aromatic rings. The van der Waals surface area contributed by atoms with Crippen LogP contribution in [0.4, 0.5) is 0 Å². The number of rotatable bonds is 1. The Morgan fingerprint density at radius 3 is 2.57 bits per heavy atom. The average Bonchev–Trinajstić information content (AvgIpc) is 2.84. The van der Waals surface area contributed by atoms with Crippen LogP contribution < -0.4 is 3.40 Å². The van der Waals surface area contributed by atoms with E-state index in [4.69, 9.17) is 4.98 Å². The summed E-state index contributed by atoms with van der Waals surface area (Å²) in [6, 6.07) is 19.7. The number of pyridine rings is 1. The van der Waals surface area contributed by atoms with E-state index in [0.717, 1.165) is 5.69 Å². The van der Waals surface area contributed by atoms with Gasteiger partial charge in [-0.3, -0.25) is 0 Å². The Labute approximate surface area is 142 Å². The van der Waals surface area contributed by atoms with Gasteiger partial charge in [-0.1, -0.05) is 0 Å². The molecule has 1 nitrogen and oxygen atoms in total. The molecule has 2 radical (unpaired) electrons. The molecule has 0 unspecified atom stereocenters. The molecule has 0 aliphatic rings. The van der Waals surface area contributed by atoms with Gasteiger partial charge in [0, 0.05) is 0 Å². The molecule has 0 aliphatic heterocycles. The number of hydrogen-bond acceptors (Lipinski definition) is 2. The van der Waals surface area contributed by atoms with E-state index in [1.165, 1.54) is 59.4 Å². The van der Waals surface area contributed by atoms with Crippen LogP contribution in [0.3, 0.4) is 0 Å². The van der Waals surface area contributed by atoms with E-state index in [9.17, 15) is 0 Å². The van der Waals surface area contributed by atoms with Crippen molar-refractivity contribution in [3.63, 3.8) is 0 Å².